The summed E-state index contributed by atoms with van der Waals surface area (Å²) in [4.78, 5) is 12.5. The Labute approximate surface area is 181 Å². The number of terminal acetylenes is 2. The lowest BCUT2D eigenvalue weighted by Gasteiger charge is -2.17. The standard InChI is InChI=1S/C24H24FNO5/c1-4-14-29-21-11-6-18(16-22(21)28-3)12-13-26-24(27)23(30-15-5-2)17-31-20-9-7-19(25)8-10-20/h1-2,6-11,16,23H,12-15,17H2,3H3,(H,26,27)/t23-/m1/s1. The third kappa shape index (κ3) is 7.93. The molecule has 31 heavy (non-hydrogen) atoms. The molecule has 0 aliphatic carbocycles. The highest BCUT2D eigenvalue weighted by atomic mass is 19.1. The van der Waals surface area contributed by atoms with Gasteiger partial charge in [0.2, 0.25) is 0 Å². The molecule has 0 heterocycles. The lowest BCUT2D eigenvalue weighted by Crippen LogP contribution is -2.41. The number of rotatable bonds is 12. The van der Waals surface area contributed by atoms with Crippen molar-refractivity contribution in [1.82, 2.24) is 5.32 Å². The first-order valence-corrected chi connectivity index (χ1v) is 9.51. The number of hydrogen-bond acceptors (Lipinski definition) is 5. The largest absolute Gasteiger partial charge is 0.493 e. The molecule has 0 bridgehead atoms. The van der Waals surface area contributed by atoms with Crippen molar-refractivity contribution in [2.75, 3.05) is 33.5 Å². The fraction of sp³-hybridized carbons (Fsp3) is 0.292. The Bertz CT molecular complexity index is 930. The van der Waals surface area contributed by atoms with Crippen molar-refractivity contribution in [1.29, 1.82) is 0 Å². The van der Waals surface area contributed by atoms with Crippen molar-refractivity contribution in [2.45, 2.75) is 12.5 Å². The van der Waals surface area contributed by atoms with Gasteiger partial charge in [-0.05, 0) is 48.4 Å². The van der Waals surface area contributed by atoms with Crippen LogP contribution in [0.25, 0.3) is 0 Å². The Balaban J connectivity index is 1.89. The van der Waals surface area contributed by atoms with Gasteiger partial charge in [0.1, 0.15) is 31.4 Å². The van der Waals surface area contributed by atoms with E-state index in [0.717, 1.165) is 5.56 Å². The van der Waals surface area contributed by atoms with Crippen LogP contribution in [0.2, 0.25) is 0 Å². The van der Waals surface area contributed by atoms with Crippen LogP contribution in [-0.2, 0) is 16.0 Å². The average Bonchev–Trinajstić information content (AvgIpc) is 2.79. The molecule has 0 saturated carbocycles. The third-order valence-corrected chi connectivity index (χ3v) is 4.13. The zero-order valence-corrected chi connectivity index (χ0v) is 17.2. The van der Waals surface area contributed by atoms with Crippen molar-refractivity contribution >= 4 is 5.91 Å². The van der Waals surface area contributed by atoms with Gasteiger partial charge in [0, 0.05) is 6.54 Å². The number of amides is 1. The molecule has 2 aromatic rings. The van der Waals surface area contributed by atoms with Crippen LogP contribution in [0.3, 0.4) is 0 Å². The molecule has 2 rings (SSSR count). The van der Waals surface area contributed by atoms with E-state index in [4.69, 9.17) is 31.8 Å². The van der Waals surface area contributed by atoms with Gasteiger partial charge in [-0.2, -0.15) is 0 Å². The Morgan fingerprint density at radius 3 is 2.48 bits per heavy atom. The van der Waals surface area contributed by atoms with Gasteiger partial charge < -0.3 is 24.3 Å². The van der Waals surface area contributed by atoms with Gasteiger partial charge in [0.15, 0.2) is 17.6 Å². The molecule has 1 amide bonds. The summed E-state index contributed by atoms with van der Waals surface area (Å²) in [5.41, 5.74) is 0.939. The van der Waals surface area contributed by atoms with E-state index in [-0.39, 0.29) is 31.5 Å². The molecule has 6 nitrogen and oxygen atoms in total. The molecule has 7 heteroatoms. The molecule has 2 aromatic carbocycles. The topological polar surface area (TPSA) is 66.0 Å². The monoisotopic (exact) mass is 425 g/mol. The number of ether oxygens (including phenoxy) is 4. The van der Waals surface area contributed by atoms with Gasteiger partial charge in [-0.15, -0.1) is 12.8 Å². The van der Waals surface area contributed by atoms with Gasteiger partial charge in [-0.1, -0.05) is 17.9 Å². The highest BCUT2D eigenvalue weighted by Gasteiger charge is 2.20. The Kier molecular flexibility index (Phi) is 9.74. The number of carbonyl (C=O) groups excluding carboxylic acids is 1. The number of hydrogen-bond donors (Lipinski definition) is 1. The van der Waals surface area contributed by atoms with Gasteiger partial charge in [-0.25, -0.2) is 4.39 Å². The molecule has 1 N–H and O–H groups in total. The summed E-state index contributed by atoms with van der Waals surface area (Å²) in [6, 6.07) is 10.9. The van der Waals surface area contributed by atoms with E-state index in [2.05, 4.69) is 17.2 Å². The van der Waals surface area contributed by atoms with Gasteiger partial charge in [0.05, 0.1) is 7.11 Å². The normalized spacial score (nSPS) is 11.0. The predicted molar refractivity (Wildman–Crippen MR) is 115 cm³/mol. The van der Waals surface area contributed by atoms with Crippen molar-refractivity contribution in [2.24, 2.45) is 0 Å². The quantitative estimate of drug-likeness (QED) is 0.530. The molecule has 0 spiro atoms. The zero-order valence-electron chi connectivity index (χ0n) is 17.2. The van der Waals surface area contributed by atoms with Crippen LogP contribution in [-0.4, -0.2) is 45.5 Å². The summed E-state index contributed by atoms with van der Waals surface area (Å²) in [5.74, 6) is 5.52. The lowest BCUT2D eigenvalue weighted by molar-refractivity contribution is -0.133. The number of methoxy groups -OCH3 is 1. The van der Waals surface area contributed by atoms with Crippen LogP contribution in [0.5, 0.6) is 17.2 Å². The highest BCUT2D eigenvalue weighted by Crippen LogP contribution is 2.28. The first-order chi connectivity index (χ1) is 15.1. The number of benzene rings is 2. The van der Waals surface area contributed by atoms with Crippen molar-refractivity contribution in [3.05, 3.63) is 53.8 Å². The van der Waals surface area contributed by atoms with E-state index in [0.29, 0.717) is 30.2 Å². The summed E-state index contributed by atoms with van der Waals surface area (Å²) < 4.78 is 34.6. The van der Waals surface area contributed by atoms with Crippen LogP contribution in [0, 0.1) is 30.5 Å². The van der Waals surface area contributed by atoms with Crippen LogP contribution >= 0.6 is 0 Å². The van der Waals surface area contributed by atoms with Crippen LogP contribution in [0.15, 0.2) is 42.5 Å². The third-order valence-electron chi connectivity index (χ3n) is 4.13. The average molecular weight is 425 g/mol. The molecular weight excluding hydrogens is 401 g/mol. The smallest absolute Gasteiger partial charge is 0.252 e. The fourth-order valence-electron chi connectivity index (χ4n) is 2.60. The fourth-order valence-corrected chi connectivity index (χ4v) is 2.60. The summed E-state index contributed by atoms with van der Waals surface area (Å²) in [7, 11) is 1.54. The Morgan fingerprint density at radius 1 is 1.06 bits per heavy atom. The summed E-state index contributed by atoms with van der Waals surface area (Å²) in [6.07, 6.45) is 10.1. The zero-order chi connectivity index (χ0) is 22.5. The molecule has 0 aromatic heterocycles. The Morgan fingerprint density at radius 2 is 1.81 bits per heavy atom. The van der Waals surface area contributed by atoms with E-state index < -0.39 is 6.10 Å². The molecule has 0 saturated heterocycles. The molecule has 0 unspecified atom stereocenters. The molecule has 0 aliphatic heterocycles. The van der Waals surface area contributed by atoms with Crippen LogP contribution in [0.4, 0.5) is 4.39 Å². The minimum absolute atomic E-state index is 0.0405. The first-order valence-electron chi connectivity index (χ1n) is 9.51. The van der Waals surface area contributed by atoms with E-state index >= 15 is 0 Å². The molecule has 0 radical (unpaired) electrons. The van der Waals surface area contributed by atoms with Crippen molar-refractivity contribution in [3.63, 3.8) is 0 Å². The molecule has 0 fully saturated rings. The predicted octanol–water partition coefficient (Wildman–Crippen LogP) is 2.60. The molecular formula is C24H24FNO5. The Hall–Kier alpha value is -3.68. The number of halogens is 1. The first kappa shape index (κ1) is 23.6. The van der Waals surface area contributed by atoms with Gasteiger partial charge in [0.25, 0.3) is 5.91 Å². The second kappa shape index (κ2) is 12.8. The summed E-state index contributed by atoms with van der Waals surface area (Å²) >= 11 is 0. The van der Waals surface area contributed by atoms with Gasteiger partial charge >= 0.3 is 0 Å². The van der Waals surface area contributed by atoms with E-state index in [1.54, 1.807) is 6.07 Å². The van der Waals surface area contributed by atoms with E-state index in [1.807, 2.05) is 12.1 Å². The molecule has 1 atom stereocenters. The minimum atomic E-state index is -0.907. The highest BCUT2D eigenvalue weighted by molar-refractivity contribution is 5.81. The minimum Gasteiger partial charge on any atom is -0.493 e. The van der Waals surface area contributed by atoms with E-state index in [1.165, 1.54) is 31.4 Å². The maximum atomic E-state index is 13.0. The SMILES string of the molecule is C#CCOc1ccc(CCNC(=O)[C@@H](COc2ccc(F)cc2)OCC#C)cc1OC. The number of nitrogens with one attached hydrogen (secondary N) is 1. The molecule has 162 valence electrons. The van der Waals surface area contributed by atoms with Crippen LogP contribution < -0.4 is 19.5 Å². The second-order valence-electron chi connectivity index (χ2n) is 6.29. The summed E-state index contributed by atoms with van der Waals surface area (Å²) in [6.45, 7) is 0.402. The van der Waals surface area contributed by atoms with Crippen LogP contribution in [0.1, 0.15) is 5.56 Å². The van der Waals surface area contributed by atoms with Crippen molar-refractivity contribution in [3.8, 4) is 41.9 Å². The maximum absolute atomic E-state index is 13.0. The second-order valence-corrected chi connectivity index (χ2v) is 6.29. The lowest BCUT2D eigenvalue weighted by atomic mass is 10.1. The maximum Gasteiger partial charge on any atom is 0.252 e. The summed E-state index contributed by atoms with van der Waals surface area (Å²) in [5, 5.41) is 2.80. The van der Waals surface area contributed by atoms with Gasteiger partial charge in [-0.3, -0.25) is 4.79 Å². The van der Waals surface area contributed by atoms with E-state index in [9.17, 15) is 9.18 Å². The molecule has 0 aliphatic rings. The van der Waals surface area contributed by atoms with Crippen molar-refractivity contribution < 1.29 is 28.1 Å². The number of carbonyl (C=O) groups is 1.